The van der Waals surface area contributed by atoms with Crippen molar-refractivity contribution in [1.29, 1.82) is 0 Å². The smallest absolute Gasteiger partial charge is 0.111 e. The number of ether oxygens (including phenoxy) is 1. The third kappa shape index (κ3) is 3.55. The van der Waals surface area contributed by atoms with Gasteiger partial charge in [0, 0.05) is 7.11 Å². The highest BCUT2D eigenvalue weighted by atomic mass is 16.5. The Morgan fingerprint density at radius 2 is 1.54 bits per heavy atom. The molecule has 3 unspecified atom stereocenters. The zero-order chi connectivity index (χ0) is 10.4. The first-order valence-electron chi connectivity index (χ1n) is 3.87. The molecule has 13 heavy (non-hydrogen) atoms. The van der Waals surface area contributed by atoms with Gasteiger partial charge in [-0.2, -0.15) is 0 Å². The number of aliphatic hydroxyl groups excluding tert-OH is 5. The molecule has 6 nitrogen and oxygen atoms in total. The molecule has 0 aliphatic rings. The monoisotopic (exact) mass is 196 g/mol. The summed E-state index contributed by atoms with van der Waals surface area (Å²) in [4.78, 5) is 0. The number of aliphatic hydroxyl groups is 5. The van der Waals surface area contributed by atoms with E-state index in [1.165, 1.54) is 7.11 Å². The molecule has 4 atom stereocenters. The third-order valence-corrected chi connectivity index (χ3v) is 1.79. The molecule has 0 fully saturated rings. The summed E-state index contributed by atoms with van der Waals surface area (Å²) in [6.07, 6.45) is -5.39. The van der Waals surface area contributed by atoms with E-state index in [0.29, 0.717) is 0 Å². The van der Waals surface area contributed by atoms with Gasteiger partial charge in [-0.05, 0) is 0 Å². The van der Waals surface area contributed by atoms with Crippen molar-refractivity contribution >= 4 is 0 Å². The van der Waals surface area contributed by atoms with Crippen LogP contribution in [0.25, 0.3) is 0 Å². The average molecular weight is 196 g/mol. The summed E-state index contributed by atoms with van der Waals surface area (Å²) in [5.74, 6) is 0. The lowest BCUT2D eigenvalue weighted by atomic mass is 10.0. The molecule has 0 aromatic rings. The van der Waals surface area contributed by atoms with Crippen molar-refractivity contribution in [2.75, 3.05) is 20.3 Å². The highest BCUT2D eigenvalue weighted by Gasteiger charge is 2.30. The van der Waals surface area contributed by atoms with Crippen LogP contribution in [0.4, 0.5) is 0 Å². The minimum absolute atomic E-state index is 0.479. The Bertz CT molecular complexity index is 126. The lowest BCUT2D eigenvalue weighted by molar-refractivity contribution is -0.132. The molecule has 0 aliphatic heterocycles. The summed E-state index contributed by atoms with van der Waals surface area (Å²) < 4.78 is 4.62. The zero-order valence-electron chi connectivity index (χ0n) is 7.37. The predicted octanol–water partition coefficient (Wildman–Crippen LogP) is -2.93. The first-order valence-corrected chi connectivity index (χ1v) is 3.87. The predicted molar refractivity (Wildman–Crippen MR) is 43.0 cm³/mol. The minimum Gasteiger partial charge on any atom is -0.394 e. The molecular weight excluding hydrogens is 180 g/mol. The van der Waals surface area contributed by atoms with Crippen molar-refractivity contribution < 1.29 is 30.3 Å². The van der Waals surface area contributed by atoms with E-state index in [2.05, 4.69) is 4.74 Å². The molecule has 80 valence electrons. The summed E-state index contributed by atoms with van der Waals surface area (Å²) in [6.45, 7) is -1.15. The number of hydrogen-bond acceptors (Lipinski definition) is 6. The van der Waals surface area contributed by atoms with Gasteiger partial charge in [0.1, 0.15) is 24.4 Å². The summed E-state index contributed by atoms with van der Waals surface area (Å²) in [5.41, 5.74) is 0. The lowest BCUT2D eigenvalue weighted by Crippen LogP contribution is -2.47. The summed E-state index contributed by atoms with van der Waals surface area (Å²) in [5, 5.41) is 44.5. The maximum atomic E-state index is 9.27. The molecule has 0 spiro atoms. The second kappa shape index (κ2) is 6.25. The largest absolute Gasteiger partial charge is 0.394 e. The van der Waals surface area contributed by atoms with E-state index in [1.54, 1.807) is 0 Å². The van der Waals surface area contributed by atoms with Crippen LogP contribution in [0.1, 0.15) is 0 Å². The second-order valence-corrected chi connectivity index (χ2v) is 2.69. The summed E-state index contributed by atoms with van der Waals surface area (Å²) in [7, 11) is 1.25. The molecule has 5 N–H and O–H groups in total. The van der Waals surface area contributed by atoms with E-state index >= 15 is 0 Å². The SMILES string of the molecule is COC(CO)[C@@H](O)C(O)C(O)CO. The van der Waals surface area contributed by atoms with Gasteiger partial charge in [0.25, 0.3) is 0 Å². The van der Waals surface area contributed by atoms with Crippen molar-refractivity contribution in [2.24, 2.45) is 0 Å². The molecule has 6 heteroatoms. The van der Waals surface area contributed by atoms with Gasteiger partial charge in [-0.15, -0.1) is 0 Å². The normalized spacial score (nSPS) is 20.8. The van der Waals surface area contributed by atoms with E-state index in [4.69, 9.17) is 20.4 Å². The molecule has 0 aromatic heterocycles. The van der Waals surface area contributed by atoms with Crippen LogP contribution >= 0.6 is 0 Å². The number of rotatable bonds is 6. The number of methoxy groups -OCH3 is 1. The van der Waals surface area contributed by atoms with Gasteiger partial charge in [-0.1, -0.05) is 0 Å². The molecule has 0 rings (SSSR count). The minimum atomic E-state index is -1.54. The Morgan fingerprint density at radius 3 is 1.85 bits per heavy atom. The quantitative estimate of drug-likeness (QED) is 0.311. The Morgan fingerprint density at radius 1 is 1.00 bits per heavy atom. The van der Waals surface area contributed by atoms with Gasteiger partial charge >= 0.3 is 0 Å². The van der Waals surface area contributed by atoms with Crippen molar-refractivity contribution in [3.05, 3.63) is 0 Å². The summed E-state index contributed by atoms with van der Waals surface area (Å²) in [6, 6.07) is 0. The molecule has 0 aromatic carbocycles. The van der Waals surface area contributed by atoms with Crippen molar-refractivity contribution in [1.82, 2.24) is 0 Å². The average Bonchev–Trinajstić information content (AvgIpc) is 2.17. The standard InChI is InChI=1S/C7H16O6/c1-13-5(3-9)7(12)6(11)4(10)2-8/h4-12H,2-3H2,1H3/t4?,5?,6?,7-/m1/s1. The first kappa shape index (κ1) is 12.8. The molecule has 0 bridgehead atoms. The van der Waals surface area contributed by atoms with Crippen molar-refractivity contribution in [3.63, 3.8) is 0 Å². The van der Waals surface area contributed by atoms with E-state index in [1.807, 2.05) is 0 Å². The van der Waals surface area contributed by atoms with Crippen LogP contribution < -0.4 is 0 Å². The van der Waals surface area contributed by atoms with E-state index in [9.17, 15) is 5.11 Å². The third-order valence-electron chi connectivity index (χ3n) is 1.79. The van der Waals surface area contributed by atoms with Crippen LogP contribution in [0.3, 0.4) is 0 Å². The van der Waals surface area contributed by atoms with Crippen LogP contribution in [0.5, 0.6) is 0 Å². The van der Waals surface area contributed by atoms with Gasteiger partial charge in [0.15, 0.2) is 0 Å². The van der Waals surface area contributed by atoms with Crippen molar-refractivity contribution in [2.45, 2.75) is 24.4 Å². The zero-order valence-corrected chi connectivity index (χ0v) is 7.37. The molecule has 0 radical (unpaired) electrons. The van der Waals surface area contributed by atoms with Gasteiger partial charge in [0.05, 0.1) is 13.2 Å². The Hall–Kier alpha value is -0.240. The van der Waals surface area contributed by atoms with Crippen molar-refractivity contribution in [3.8, 4) is 0 Å². The second-order valence-electron chi connectivity index (χ2n) is 2.69. The Kier molecular flexibility index (Phi) is 6.13. The van der Waals surface area contributed by atoms with Crippen LogP contribution in [-0.4, -0.2) is 70.3 Å². The van der Waals surface area contributed by atoms with Gasteiger partial charge < -0.3 is 30.3 Å². The topological polar surface area (TPSA) is 110 Å². The fourth-order valence-electron chi connectivity index (χ4n) is 0.877. The summed E-state index contributed by atoms with van der Waals surface area (Å²) >= 11 is 0. The van der Waals surface area contributed by atoms with Gasteiger partial charge in [-0.25, -0.2) is 0 Å². The lowest BCUT2D eigenvalue weighted by Gasteiger charge is -2.26. The van der Waals surface area contributed by atoms with Crippen LogP contribution in [0.2, 0.25) is 0 Å². The maximum Gasteiger partial charge on any atom is 0.111 e. The fourth-order valence-corrected chi connectivity index (χ4v) is 0.877. The first-order chi connectivity index (χ1) is 6.08. The molecule has 0 aliphatic carbocycles. The highest BCUT2D eigenvalue weighted by molar-refractivity contribution is 4.80. The van der Waals surface area contributed by atoms with Crippen LogP contribution in [0.15, 0.2) is 0 Å². The molecular formula is C7H16O6. The molecule has 0 amide bonds. The van der Waals surface area contributed by atoms with Gasteiger partial charge in [0.2, 0.25) is 0 Å². The molecule has 0 saturated heterocycles. The van der Waals surface area contributed by atoms with Crippen LogP contribution in [-0.2, 0) is 4.74 Å². The highest BCUT2D eigenvalue weighted by Crippen LogP contribution is 2.06. The molecule has 0 heterocycles. The number of hydrogen-bond donors (Lipinski definition) is 5. The Labute approximate surface area is 76.0 Å². The van der Waals surface area contributed by atoms with Gasteiger partial charge in [-0.3, -0.25) is 0 Å². The maximum absolute atomic E-state index is 9.27. The van der Waals surface area contributed by atoms with E-state index < -0.39 is 37.6 Å². The molecule has 0 saturated carbocycles. The fraction of sp³-hybridized carbons (Fsp3) is 1.00. The van der Waals surface area contributed by atoms with E-state index in [-0.39, 0.29) is 0 Å². The Balaban J connectivity index is 4.13. The van der Waals surface area contributed by atoms with E-state index in [0.717, 1.165) is 0 Å². The van der Waals surface area contributed by atoms with Crippen LogP contribution in [0, 0.1) is 0 Å².